The summed E-state index contributed by atoms with van der Waals surface area (Å²) in [6.45, 7) is 2.99. The van der Waals surface area contributed by atoms with E-state index in [-0.39, 0.29) is 16.6 Å². The summed E-state index contributed by atoms with van der Waals surface area (Å²) in [6, 6.07) is 4.77. The van der Waals surface area contributed by atoms with Gasteiger partial charge in [0.05, 0.1) is 12.3 Å². The molecule has 1 aliphatic rings. The van der Waals surface area contributed by atoms with Gasteiger partial charge >= 0.3 is 0 Å². The summed E-state index contributed by atoms with van der Waals surface area (Å²) in [5.41, 5.74) is 6.98. The van der Waals surface area contributed by atoms with Crippen molar-refractivity contribution in [2.24, 2.45) is 0 Å². The van der Waals surface area contributed by atoms with Crippen molar-refractivity contribution in [2.75, 3.05) is 18.9 Å². The van der Waals surface area contributed by atoms with Crippen molar-refractivity contribution >= 4 is 15.7 Å². The molecule has 18 heavy (non-hydrogen) atoms. The number of benzene rings is 1. The van der Waals surface area contributed by atoms with Crippen LogP contribution in [0.3, 0.4) is 0 Å². The molecule has 0 spiro atoms. The lowest BCUT2D eigenvalue weighted by atomic mass is 10.1. The molecule has 1 saturated heterocycles. The van der Waals surface area contributed by atoms with Gasteiger partial charge in [-0.3, -0.25) is 0 Å². The van der Waals surface area contributed by atoms with Gasteiger partial charge in [0.25, 0.3) is 0 Å². The molecule has 0 aliphatic carbocycles. The maximum atomic E-state index is 12.2. The zero-order valence-electron chi connectivity index (χ0n) is 10.3. The number of nitrogen functional groups attached to an aromatic ring is 1. The number of nitrogens with two attached hydrogens (primary N) is 1. The molecule has 0 saturated carbocycles. The third kappa shape index (κ3) is 3.01. The molecular formula is C12H18N2O3S. The molecule has 2 rings (SSSR count). The average molecular weight is 270 g/mol. The highest BCUT2D eigenvalue weighted by molar-refractivity contribution is 7.89. The summed E-state index contributed by atoms with van der Waals surface area (Å²) in [5.74, 6) is 0. The van der Waals surface area contributed by atoms with Crippen molar-refractivity contribution in [1.29, 1.82) is 0 Å². The van der Waals surface area contributed by atoms with Gasteiger partial charge in [0, 0.05) is 12.6 Å². The highest BCUT2D eigenvalue weighted by Gasteiger charge is 2.23. The van der Waals surface area contributed by atoms with E-state index in [9.17, 15) is 8.42 Å². The van der Waals surface area contributed by atoms with Crippen LogP contribution in [0.2, 0.25) is 0 Å². The van der Waals surface area contributed by atoms with Gasteiger partial charge in [0.2, 0.25) is 10.0 Å². The third-order valence-corrected chi connectivity index (χ3v) is 4.53. The van der Waals surface area contributed by atoms with E-state index in [4.69, 9.17) is 10.5 Å². The Kier molecular flexibility index (Phi) is 3.89. The van der Waals surface area contributed by atoms with E-state index >= 15 is 0 Å². The molecular weight excluding hydrogens is 252 g/mol. The van der Waals surface area contributed by atoms with Crippen molar-refractivity contribution in [3.8, 4) is 0 Å². The largest absolute Gasteiger partial charge is 0.398 e. The predicted molar refractivity (Wildman–Crippen MR) is 69.8 cm³/mol. The molecule has 1 fully saturated rings. The highest BCUT2D eigenvalue weighted by Crippen LogP contribution is 2.20. The van der Waals surface area contributed by atoms with Gasteiger partial charge < -0.3 is 10.5 Å². The van der Waals surface area contributed by atoms with Crippen molar-refractivity contribution < 1.29 is 13.2 Å². The number of hydrogen-bond acceptors (Lipinski definition) is 4. The Morgan fingerprint density at radius 3 is 2.83 bits per heavy atom. The normalized spacial score (nSPS) is 20.8. The highest BCUT2D eigenvalue weighted by atomic mass is 32.2. The molecule has 3 N–H and O–H groups in total. The number of rotatable bonds is 3. The van der Waals surface area contributed by atoms with Crippen LogP contribution in [0.4, 0.5) is 5.69 Å². The molecule has 1 heterocycles. The average Bonchev–Trinajstić information content (AvgIpc) is 2.29. The van der Waals surface area contributed by atoms with Gasteiger partial charge in [0.15, 0.2) is 0 Å². The lowest BCUT2D eigenvalue weighted by Crippen LogP contribution is -2.40. The summed E-state index contributed by atoms with van der Waals surface area (Å²) >= 11 is 0. The van der Waals surface area contributed by atoms with E-state index in [2.05, 4.69) is 4.72 Å². The standard InChI is InChI=1S/C12H18N2O3S/c1-9-4-5-12(11(13)7-9)18(15,16)14-10-3-2-6-17-8-10/h4-5,7,10,14H,2-3,6,8,13H2,1H3. The lowest BCUT2D eigenvalue weighted by molar-refractivity contribution is 0.0774. The number of nitrogens with one attached hydrogen (secondary N) is 1. The van der Waals surface area contributed by atoms with Gasteiger partial charge in [-0.15, -0.1) is 0 Å². The van der Waals surface area contributed by atoms with Crippen molar-refractivity contribution in [3.63, 3.8) is 0 Å². The van der Waals surface area contributed by atoms with Crippen LogP contribution in [0.5, 0.6) is 0 Å². The van der Waals surface area contributed by atoms with Crippen LogP contribution in [-0.2, 0) is 14.8 Å². The van der Waals surface area contributed by atoms with Crippen LogP contribution >= 0.6 is 0 Å². The first-order chi connectivity index (χ1) is 8.49. The Balaban J connectivity index is 2.19. The van der Waals surface area contributed by atoms with Crippen molar-refractivity contribution in [3.05, 3.63) is 23.8 Å². The second-order valence-corrected chi connectivity index (χ2v) is 6.26. The fourth-order valence-electron chi connectivity index (χ4n) is 2.03. The number of aryl methyl sites for hydroxylation is 1. The summed E-state index contributed by atoms with van der Waals surface area (Å²) in [6.07, 6.45) is 1.67. The maximum Gasteiger partial charge on any atom is 0.242 e. The molecule has 100 valence electrons. The molecule has 5 nitrogen and oxygen atoms in total. The minimum absolute atomic E-state index is 0.138. The molecule has 1 aliphatic heterocycles. The molecule has 0 amide bonds. The molecule has 0 bridgehead atoms. The number of hydrogen-bond donors (Lipinski definition) is 2. The van der Waals surface area contributed by atoms with E-state index in [1.54, 1.807) is 12.1 Å². The van der Waals surface area contributed by atoms with Crippen LogP contribution < -0.4 is 10.5 Å². The SMILES string of the molecule is Cc1ccc(S(=O)(=O)NC2CCCOC2)c(N)c1. The summed E-state index contributed by atoms with van der Waals surface area (Å²) < 4.78 is 32.3. The fourth-order valence-corrected chi connectivity index (χ4v) is 3.40. The van der Waals surface area contributed by atoms with Gasteiger partial charge in [-0.05, 0) is 37.5 Å². The second kappa shape index (κ2) is 5.26. The van der Waals surface area contributed by atoms with E-state index in [0.29, 0.717) is 13.2 Å². The minimum Gasteiger partial charge on any atom is -0.398 e. The van der Waals surface area contributed by atoms with E-state index < -0.39 is 10.0 Å². The quantitative estimate of drug-likeness (QED) is 0.804. The van der Waals surface area contributed by atoms with Gasteiger partial charge in [-0.25, -0.2) is 13.1 Å². The van der Waals surface area contributed by atoms with Crippen LogP contribution in [0.25, 0.3) is 0 Å². The van der Waals surface area contributed by atoms with Crippen LogP contribution in [0.15, 0.2) is 23.1 Å². The summed E-state index contributed by atoms with van der Waals surface area (Å²) in [4.78, 5) is 0.138. The van der Waals surface area contributed by atoms with Gasteiger partial charge in [-0.2, -0.15) is 0 Å². The Morgan fingerprint density at radius 1 is 1.44 bits per heavy atom. The molecule has 0 radical (unpaired) electrons. The molecule has 1 unspecified atom stereocenters. The molecule has 0 aromatic heterocycles. The van der Waals surface area contributed by atoms with Crippen molar-refractivity contribution in [1.82, 2.24) is 4.72 Å². The Morgan fingerprint density at radius 2 is 2.22 bits per heavy atom. The Hall–Kier alpha value is -1.11. The van der Waals surface area contributed by atoms with Crippen LogP contribution in [-0.4, -0.2) is 27.7 Å². The molecule has 1 atom stereocenters. The zero-order valence-corrected chi connectivity index (χ0v) is 11.2. The van der Waals surface area contributed by atoms with E-state index in [0.717, 1.165) is 18.4 Å². The number of sulfonamides is 1. The van der Waals surface area contributed by atoms with Gasteiger partial charge in [0.1, 0.15) is 4.90 Å². The third-order valence-electron chi connectivity index (χ3n) is 2.94. The minimum atomic E-state index is -3.56. The molecule has 6 heteroatoms. The van der Waals surface area contributed by atoms with Crippen LogP contribution in [0.1, 0.15) is 18.4 Å². The monoisotopic (exact) mass is 270 g/mol. The fraction of sp³-hybridized carbons (Fsp3) is 0.500. The van der Waals surface area contributed by atoms with E-state index in [1.165, 1.54) is 6.07 Å². The first-order valence-corrected chi connectivity index (χ1v) is 7.43. The first-order valence-electron chi connectivity index (χ1n) is 5.95. The summed E-state index contributed by atoms with van der Waals surface area (Å²) in [5, 5.41) is 0. The number of anilines is 1. The maximum absolute atomic E-state index is 12.2. The zero-order chi connectivity index (χ0) is 13.2. The van der Waals surface area contributed by atoms with E-state index in [1.807, 2.05) is 6.92 Å². The number of ether oxygens (including phenoxy) is 1. The second-order valence-electron chi connectivity index (χ2n) is 4.58. The first kappa shape index (κ1) is 13.3. The topological polar surface area (TPSA) is 81.4 Å². The molecule has 1 aromatic carbocycles. The summed E-state index contributed by atoms with van der Waals surface area (Å²) in [7, 11) is -3.56. The smallest absolute Gasteiger partial charge is 0.242 e. The molecule has 1 aromatic rings. The Bertz CT molecular complexity index is 522. The van der Waals surface area contributed by atoms with Crippen molar-refractivity contribution in [2.45, 2.75) is 30.7 Å². The van der Waals surface area contributed by atoms with Crippen LogP contribution in [0, 0.1) is 6.92 Å². The van der Waals surface area contributed by atoms with Gasteiger partial charge in [-0.1, -0.05) is 6.07 Å². The lowest BCUT2D eigenvalue weighted by Gasteiger charge is -2.23. The Labute approximate surface area is 107 Å². The predicted octanol–water partition coefficient (Wildman–Crippen LogP) is 1.03.